The molecule has 14 nitrogen and oxygen atoms in total. The van der Waals surface area contributed by atoms with Gasteiger partial charge in [-0.1, -0.05) is 6.58 Å². The van der Waals surface area contributed by atoms with E-state index in [-0.39, 0.29) is 0 Å². The second kappa shape index (κ2) is 41.0. The van der Waals surface area contributed by atoms with Crippen molar-refractivity contribution in [2.75, 3.05) is 179 Å². The fraction of sp³-hybridized carbons (Fsp3) is 0.931. The van der Waals surface area contributed by atoms with Crippen LogP contribution in [0.5, 0.6) is 0 Å². The first-order chi connectivity index (χ1) is 21.4. The summed E-state index contributed by atoms with van der Waals surface area (Å²) in [5.74, 6) is 0. The van der Waals surface area contributed by atoms with Gasteiger partial charge in [0.05, 0.1) is 171 Å². The van der Waals surface area contributed by atoms with Crippen molar-refractivity contribution in [1.82, 2.24) is 0 Å². The van der Waals surface area contributed by atoms with E-state index in [0.717, 1.165) is 0 Å². The van der Waals surface area contributed by atoms with Gasteiger partial charge in [-0.3, -0.25) is 0 Å². The molecular formula is C29H58O14. The Balaban J connectivity index is 3.03. The minimum absolute atomic E-state index is 0.501. The number of hydrogen-bond donors (Lipinski definition) is 0. The van der Waals surface area contributed by atoms with E-state index in [1.165, 1.54) is 6.26 Å². The van der Waals surface area contributed by atoms with E-state index in [9.17, 15) is 0 Å². The van der Waals surface area contributed by atoms with Gasteiger partial charge in [0.2, 0.25) is 0 Å². The molecule has 0 aliphatic heterocycles. The Bertz CT molecular complexity index is 504. The zero-order chi connectivity index (χ0) is 31.0. The molecule has 0 aliphatic carbocycles. The SMILES string of the molecule is C=COCCOCCOCCOCCOCCOCCOCCOCCOCCOCCOCCOCCOCCOC. The molecule has 0 aromatic carbocycles. The number of rotatable bonds is 40. The molecule has 14 heteroatoms. The quantitative estimate of drug-likeness (QED) is 0.0705. The molecular weight excluding hydrogens is 572 g/mol. The van der Waals surface area contributed by atoms with E-state index in [1.807, 2.05) is 0 Å². The van der Waals surface area contributed by atoms with Crippen molar-refractivity contribution in [3.05, 3.63) is 12.8 Å². The summed E-state index contributed by atoms with van der Waals surface area (Å²) in [7, 11) is 1.64. The number of hydrogen-bond acceptors (Lipinski definition) is 14. The van der Waals surface area contributed by atoms with Gasteiger partial charge in [-0.05, 0) is 0 Å². The molecule has 0 saturated heterocycles. The fourth-order valence-electron chi connectivity index (χ4n) is 2.85. The van der Waals surface area contributed by atoms with Crippen molar-refractivity contribution in [3.8, 4) is 0 Å². The highest BCUT2D eigenvalue weighted by Crippen LogP contribution is 1.87. The van der Waals surface area contributed by atoms with E-state index in [1.54, 1.807) is 7.11 Å². The van der Waals surface area contributed by atoms with Gasteiger partial charge in [0.15, 0.2) is 0 Å². The summed E-state index contributed by atoms with van der Waals surface area (Å²) >= 11 is 0. The Morgan fingerprint density at radius 1 is 0.279 bits per heavy atom. The summed E-state index contributed by atoms with van der Waals surface area (Å²) in [6, 6.07) is 0. The summed E-state index contributed by atoms with van der Waals surface area (Å²) in [5, 5.41) is 0. The summed E-state index contributed by atoms with van der Waals surface area (Å²) < 4.78 is 74.9. The van der Waals surface area contributed by atoms with E-state index >= 15 is 0 Å². The molecule has 0 unspecified atom stereocenters. The molecule has 0 fully saturated rings. The van der Waals surface area contributed by atoms with Crippen LogP contribution in [0.1, 0.15) is 0 Å². The van der Waals surface area contributed by atoms with Crippen LogP contribution in [0.15, 0.2) is 12.8 Å². The predicted molar refractivity (Wildman–Crippen MR) is 158 cm³/mol. The Morgan fingerprint density at radius 3 is 0.605 bits per heavy atom. The molecule has 0 rings (SSSR count). The molecule has 0 radical (unpaired) electrons. The maximum atomic E-state index is 5.47. The van der Waals surface area contributed by atoms with Crippen LogP contribution in [0.25, 0.3) is 0 Å². The van der Waals surface area contributed by atoms with Crippen molar-refractivity contribution in [3.63, 3.8) is 0 Å². The van der Waals surface area contributed by atoms with E-state index in [4.69, 9.17) is 66.3 Å². The smallest absolute Gasteiger partial charge is 0.111 e. The Hall–Kier alpha value is -0.980. The van der Waals surface area contributed by atoms with E-state index in [2.05, 4.69) is 6.58 Å². The average molecular weight is 631 g/mol. The fourth-order valence-corrected chi connectivity index (χ4v) is 2.85. The highest BCUT2D eigenvalue weighted by molar-refractivity contribution is 4.47. The summed E-state index contributed by atoms with van der Waals surface area (Å²) in [4.78, 5) is 0. The maximum absolute atomic E-state index is 5.47. The van der Waals surface area contributed by atoms with E-state index in [0.29, 0.717) is 172 Å². The topological polar surface area (TPSA) is 129 Å². The lowest BCUT2D eigenvalue weighted by Crippen LogP contribution is -2.15. The third-order valence-electron chi connectivity index (χ3n) is 4.99. The van der Waals surface area contributed by atoms with Gasteiger partial charge < -0.3 is 66.3 Å². The lowest BCUT2D eigenvalue weighted by Gasteiger charge is -2.09. The summed E-state index contributed by atoms with van der Waals surface area (Å²) in [6.07, 6.45) is 1.40. The monoisotopic (exact) mass is 630 g/mol. The Labute approximate surface area is 258 Å². The molecule has 258 valence electrons. The van der Waals surface area contributed by atoms with Gasteiger partial charge in [-0.15, -0.1) is 0 Å². The lowest BCUT2D eigenvalue weighted by atomic mass is 10.6. The first-order valence-corrected chi connectivity index (χ1v) is 15.1. The Morgan fingerprint density at radius 2 is 0.442 bits per heavy atom. The van der Waals surface area contributed by atoms with Crippen LogP contribution in [0.3, 0.4) is 0 Å². The molecule has 0 heterocycles. The zero-order valence-electron chi connectivity index (χ0n) is 26.4. The van der Waals surface area contributed by atoms with Crippen molar-refractivity contribution < 1.29 is 66.3 Å². The molecule has 0 atom stereocenters. The Kier molecular flexibility index (Phi) is 40.1. The van der Waals surface area contributed by atoms with Gasteiger partial charge >= 0.3 is 0 Å². The minimum Gasteiger partial charge on any atom is -0.499 e. The number of methoxy groups -OCH3 is 1. The van der Waals surface area contributed by atoms with Gasteiger partial charge in [-0.2, -0.15) is 0 Å². The normalized spacial score (nSPS) is 11.4. The molecule has 0 bridgehead atoms. The van der Waals surface area contributed by atoms with Crippen LogP contribution >= 0.6 is 0 Å². The maximum Gasteiger partial charge on any atom is 0.111 e. The van der Waals surface area contributed by atoms with Crippen molar-refractivity contribution >= 4 is 0 Å². The lowest BCUT2D eigenvalue weighted by molar-refractivity contribution is -0.0290. The molecule has 0 aromatic heterocycles. The summed E-state index contributed by atoms with van der Waals surface area (Å²) in [5.41, 5.74) is 0. The first-order valence-electron chi connectivity index (χ1n) is 15.1. The molecule has 43 heavy (non-hydrogen) atoms. The first kappa shape index (κ1) is 42.0. The van der Waals surface area contributed by atoms with Gasteiger partial charge in [-0.25, -0.2) is 0 Å². The average Bonchev–Trinajstić information content (AvgIpc) is 3.02. The van der Waals surface area contributed by atoms with Crippen LogP contribution in [0.4, 0.5) is 0 Å². The minimum atomic E-state index is 0.501. The third kappa shape index (κ3) is 41.0. The highest BCUT2D eigenvalue weighted by Gasteiger charge is 1.96. The highest BCUT2D eigenvalue weighted by atomic mass is 16.6. The van der Waals surface area contributed by atoms with Crippen molar-refractivity contribution in [1.29, 1.82) is 0 Å². The van der Waals surface area contributed by atoms with Gasteiger partial charge in [0.25, 0.3) is 0 Å². The van der Waals surface area contributed by atoms with Crippen LogP contribution < -0.4 is 0 Å². The summed E-state index contributed by atoms with van der Waals surface area (Å²) in [6.45, 7) is 17.1. The van der Waals surface area contributed by atoms with Crippen LogP contribution in [0, 0.1) is 0 Å². The predicted octanol–water partition coefficient (Wildman–Crippen LogP) is 0.992. The van der Waals surface area contributed by atoms with Crippen LogP contribution in [-0.4, -0.2) is 179 Å². The number of ether oxygens (including phenoxy) is 14. The molecule has 0 N–H and O–H groups in total. The van der Waals surface area contributed by atoms with Gasteiger partial charge in [0.1, 0.15) is 6.61 Å². The second-order valence-corrected chi connectivity index (χ2v) is 8.38. The molecule has 0 spiro atoms. The van der Waals surface area contributed by atoms with E-state index < -0.39 is 0 Å². The van der Waals surface area contributed by atoms with Crippen LogP contribution in [0.2, 0.25) is 0 Å². The second-order valence-electron chi connectivity index (χ2n) is 8.38. The molecule has 0 aliphatic rings. The van der Waals surface area contributed by atoms with Crippen LogP contribution in [-0.2, 0) is 66.3 Å². The standard InChI is InChI=1S/C29H58O14/c1-3-31-6-7-33-10-11-35-14-15-37-18-19-39-22-23-41-26-27-43-29-28-42-25-24-40-21-20-38-17-16-36-13-12-34-9-8-32-5-4-30-2/h3H,1,4-29H2,2H3. The zero-order valence-corrected chi connectivity index (χ0v) is 26.4. The largest absolute Gasteiger partial charge is 0.499 e. The van der Waals surface area contributed by atoms with Gasteiger partial charge in [0, 0.05) is 7.11 Å². The van der Waals surface area contributed by atoms with Crippen molar-refractivity contribution in [2.24, 2.45) is 0 Å². The molecule has 0 aromatic rings. The molecule has 0 amide bonds. The molecule has 0 saturated carbocycles. The third-order valence-corrected chi connectivity index (χ3v) is 4.99. The van der Waals surface area contributed by atoms with Crippen molar-refractivity contribution in [2.45, 2.75) is 0 Å².